The number of carbonyl (C=O) groups is 1. The first-order chi connectivity index (χ1) is 20.4. The topological polar surface area (TPSA) is 94.2 Å². The Morgan fingerprint density at radius 3 is 2.24 bits per heavy atom. The molecule has 11 heteroatoms. The van der Waals surface area contributed by atoms with Gasteiger partial charge in [0.15, 0.2) is 0 Å². The highest BCUT2D eigenvalue weighted by Crippen LogP contribution is 2.30. The van der Waals surface area contributed by atoms with E-state index in [0.29, 0.717) is 63.0 Å². The first kappa shape index (κ1) is 29.7. The van der Waals surface area contributed by atoms with E-state index in [1.807, 2.05) is 40.1 Å². The van der Waals surface area contributed by atoms with Crippen molar-refractivity contribution >= 4 is 39.1 Å². The number of nitrogens with one attached hydrogen (secondary N) is 2. The SMILES string of the molecule is O=C(/C=C/c1ccccc1)Nc1ccc(N2CCN(c3ccccc3F)CC2)c(S(=O)(=O)NCCN2CCOCC2)c1. The van der Waals surface area contributed by atoms with Crippen molar-refractivity contribution in [1.82, 2.24) is 9.62 Å². The monoisotopic (exact) mass is 593 g/mol. The number of halogens is 1. The normalized spacial score (nSPS) is 16.6. The quantitative estimate of drug-likeness (QED) is 0.348. The van der Waals surface area contributed by atoms with Crippen LogP contribution >= 0.6 is 0 Å². The first-order valence-corrected chi connectivity index (χ1v) is 15.6. The number of rotatable bonds is 10. The summed E-state index contributed by atoms with van der Waals surface area (Å²) in [6.07, 6.45) is 3.11. The van der Waals surface area contributed by atoms with Gasteiger partial charge in [-0.2, -0.15) is 0 Å². The number of amides is 1. The number of sulfonamides is 1. The van der Waals surface area contributed by atoms with Crippen LogP contribution in [-0.2, 0) is 19.6 Å². The van der Waals surface area contributed by atoms with Gasteiger partial charge in [-0.05, 0) is 42.0 Å². The molecule has 0 radical (unpaired) electrons. The molecule has 0 aromatic heterocycles. The van der Waals surface area contributed by atoms with Gasteiger partial charge < -0.3 is 19.9 Å². The van der Waals surface area contributed by atoms with Crippen LogP contribution in [0.5, 0.6) is 0 Å². The van der Waals surface area contributed by atoms with Crippen molar-refractivity contribution < 1.29 is 22.3 Å². The average Bonchev–Trinajstić information content (AvgIpc) is 3.01. The molecule has 9 nitrogen and oxygen atoms in total. The molecule has 222 valence electrons. The van der Waals surface area contributed by atoms with Crippen molar-refractivity contribution in [2.75, 3.05) is 80.7 Å². The van der Waals surface area contributed by atoms with E-state index < -0.39 is 10.0 Å². The third kappa shape index (κ3) is 7.74. The summed E-state index contributed by atoms with van der Waals surface area (Å²) >= 11 is 0. The number of nitrogens with zero attached hydrogens (tertiary/aromatic N) is 3. The molecular weight excluding hydrogens is 557 g/mol. The van der Waals surface area contributed by atoms with Crippen LogP contribution < -0.4 is 19.8 Å². The smallest absolute Gasteiger partial charge is 0.248 e. The van der Waals surface area contributed by atoms with Gasteiger partial charge in [0.05, 0.1) is 24.6 Å². The number of ether oxygens (including phenoxy) is 1. The lowest BCUT2D eigenvalue weighted by molar-refractivity contribution is -0.111. The number of hydrogen-bond donors (Lipinski definition) is 2. The summed E-state index contributed by atoms with van der Waals surface area (Å²) in [6, 6.07) is 21.0. The molecule has 2 N–H and O–H groups in total. The lowest BCUT2D eigenvalue weighted by Crippen LogP contribution is -2.47. The van der Waals surface area contributed by atoms with Gasteiger partial charge in [-0.25, -0.2) is 17.5 Å². The van der Waals surface area contributed by atoms with Crippen molar-refractivity contribution in [3.63, 3.8) is 0 Å². The minimum absolute atomic E-state index is 0.0914. The number of hydrogen-bond acceptors (Lipinski definition) is 7. The van der Waals surface area contributed by atoms with E-state index in [1.54, 1.807) is 36.4 Å². The molecule has 42 heavy (non-hydrogen) atoms. The number of morpholine rings is 1. The van der Waals surface area contributed by atoms with E-state index in [-0.39, 0.29) is 23.2 Å². The molecule has 2 saturated heterocycles. The molecule has 0 spiro atoms. The predicted molar refractivity (Wildman–Crippen MR) is 164 cm³/mol. The zero-order valence-electron chi connectivity index (χ0n) is 23.4. The second-order valence-electron chi connectivity index (χ2n) is 10.2. The molecular formula is C31H36FN5O4S. The highest BCUT2D eigenvalue weighted by Gasteiger charge is 2.26. The summed E-state index contributed by atoms with van der Waals surface area (Å²) in [5.74, 6) is -0.645. The van der Waals surface area contributed by atoms with Gasteiger partial charge in [-0.15, -0.1) is 0 Å². The van der Waals surface area contributed by atoms with Gasteiger partial charge in [-0.1, -0.05) is 42.5 Å². The summed E-state index contributed by atoms with van der Waals surface area (Å²) in [4.78, 5) is 18.9. The van der Waals surface area contributed by atoms with Crippen LogP contribution in [0.4, 0.5) is 21.5 Å². The fourth-order valence-electron chi connectivity index (χ4n) is 5.13. The molecule has 0 atom stereocenters. The molecule has 0 aliphatic carbocycles. The molecule has 0 bridgehead atoms. The Morgan fingerprint density at radius 2 is 1.52 bits per heavy atom. The van der Waals surface area contributed by atoms with Crippen LogP contribution in [0, 0.1) is 5.82 Å². The molecule has 1 amide bonds. The lowest BCUT2D eigenvalue weighted by Gasteiger charge is -2.38. The lowest BCUT2D eigenvalue weighted by atomic mass is 10.2. The summed E-state index contributed by atoms with van der Waals surface area (Å²) < 4.78 is 49.8. The predicted octanol–water partition coefficient (Wildman–Crippen LogP) is 3.41. The highest BCUT2D eigenvalue weighted by molar-refractivity contribution is 7.89. The Morgan fingerprint density at radius 1 is 0.857 bits per heavy atom. The van der Waals surface area contributed by atoms with E-state index in [9.17, 15) is 17.6 Å². The van der Waals surface area contributed by atoms with E-state index >= 15 is 0 Å². The molecule has 0 saturated carbocycles. The zero-order chi connectivity index (χ0) is 29.4. The summed E-state index contributed by atoms with van der Waals surface area (Å²) in [7, 11) is -3.92. The Kier molecular flexibility index (Phi) is 9.85. The number of anilines is 3. The molecule has 2 heterocycles. The maximum atomic E-state index is 14.4. The van der Waals surface area contributed by atoms with Gasteiger partial charge in [0.25, 0.3) is 0 Å². The fraction of sp³-hybridized carbons (Fsp3) is 0.323. The number of piperazine rings is 1. The number of carbonyl (C=O) groups excluding carboxylic acids is 1. The maximum absolute atomic E-state index is 14.4. The van der Waals surface area contributed by atoms with Crippen LogP contribution in [0.3, 0.4) is 0 Å². The van der Waals surface area contributed by atoms with Crippen LogP contribution in [0.2, 0.25) is 0 Å². The van der Waals surface area contributed by atoms with Crippen molar-refractivity contribution in [1.29, 1.82) is 0 Å². The van der Waals surface area contributed by atoms with Crippen LogP contribution in [0.1, 0.15) is 5.56 Å². The van der Waals surface area contributed by atoms with E-state index in [2.05, 4.69) is 14.9 Å². The van der Waals surface area contributed by atoms with E-state index in [1.165, 1.54) is 18.2 Å². The van der Waals surface area contributed by atoms with Gasteiger partial charge in [0, 0.05) is 64.1 Å². The van der Waals surface area contributed by atoms with Crippen molar-refractivity contribution in [3.8, 4) is 0 Å². The highest BCUT2D eigenvalue weighted by atomic mass is 32.2. The van der Waals surface area contributed by atoms with Gasteiger partial charge >= 0.3 is 0 Å². The molecule has 2 fully saturated rings. The molecule has 2 aliphatic rings. The summed E-state index contributed by atoms with van der Waals surface area (Å²) in [6.45, 7) is 5.70. The standard InChI is InChI=1S/C31H36FN5O4S/c32-27-8-4-5-9-28(27)36-16-18-37(19-17-36)29-12-11-26(34-31(38)13-10-25-6-2-1-3-7-25)24-30(29)42(39,40)33-14-15-35-20-22-41-23-21-35/h1-13,24,33H,14-23H2,(H,34,38)/b13-10+. The average molecular weight is 594 g/mol. The minimum atomic E-state index is -3.92. The minimum Gasteiger partial charge on any atom is -0.379 e. The van der Waals surface area contributed by atoms with E-state index in [4.69, 9.17) is 4.74 Å². The molecule has 0 unspecified atom stereocenters. The third-order valence-electron chi connectivity index (χ3n) is 7.38. The van der Waals surface area contributed by atoms with Gasteiger partial charge in [0.2, 0.25) is 15.9 Å². The molecule has 3 aromatic rings. The third-order valence-corrected chi connectivity index (χ3v) is 8.87. The number of para-hydroxylation sites is 1. The second kappa shape index (κ2) is 13.9. The Labute approximate surface area is 246 Å². The maximum Gasteiger partial charge on any atom is 0.248 e. The molecule has 2 aliphatic heterocycles. The van der Waals surface area contributed by atoms with Crippen LogP contribution in [0.15, 0.2) is 83.8 Å². The Bertz CT molecular complexity index is 1490. The number of benzene rings is 3. The van der Waals surface area contributed by atoms with Crippen molar-refractivity contribution in [2.24, 2.45) is 0 Å². The first-order valence-electron chi connectivity index (χ1n) is 14.1. The van der Waals surface area contributed by atoms with Crippen LogP contribution in [0.25, 0.3) is 6.08 Å². The fourth-order valence-corrected chi connectivity index (χ4v) is 6.40. The van der Waals surface area contributed by atoms with Crippen molar-refractivity contribution in [2.45, 2.75) is 4.90 Å². The Balaban J connectivity index is 1.33. The Hall–Kier alpha value is -3.77. The van der Waals surface area contributed by atoms with Gasteiger partial charge in [-0.3, -0.25) is 9.69 Å². The molecule has 5 rings (SSSR count). The summed E-state index contributed by atoms with van der Waals surface area (Å²) in [5.41, 5.74) is 2.33. The van der Waals surface area contributed by atoms with Crippen molar-refractivity contribution in [3.05, 3.63) is 90.3 Å². The van der Waals surface area contributed by atoms with E-state index in [0.717, 1.165) is 18.7 Å². The molecule has 3 aromatic carbocycles. The largest absolute Gasteiger partial charge is 0.379 e. The zero-order valence-corrected chi connectivity index (χ0v) is 24.2. The summed E-state index contributed by atoms with van der Waals surface area (Å²) in [5, 5.41) is 2.79. The van der Waals surface area contributed by atoms with Crippen LogP contribution in [-0.4, -0.2) is 84.8 Å². The van der Waals surface area contributed by atoms with Gasteiger partial charge in [0.1, 0.15) is 10.7 Å². The second-order valence-corrected chi connectivity index (χ2v) is 11.9.